The lowest BCUT2D eigenvalue weighted by molar-refractivity contribution is -0.137. The highest BCUT2D eigenvalue weighted by atomic mass is 19.4. The van der Waals surface area contributed by atoms with Gasteiger partial charge in [-0.25, -0.2) is 4.98 Å². The van der Waals surface area contributed by atoms with Crippen LogP contribution in [0.25, 0.3) is 11.0 Å². The highest BCUT2D eigenvalue weighted by Crippen LogP contribution is 2.36. The molecule has 0 unspecified atom stereocenters. The summed E-state index contributed by atoms with van der Waals surface area (Å²) in [5.74, 6) is -0.643. The number of hydrogen-bond acceptors (Lipinski definition) is 3. The van der Waals surface area contributed by atoms with Gasteiger partial charge >= 0.3 is 6.18 Å². The molecule has 1 saturated carbocycles. The maximum Gasteiger partial charge on any atom is 0.416 e. The van der Waals surface area contributed by atoms with Crippen molar-refractivity contribution in [3.05, 3.63) is 71.8 Å². The van der Waals surface area contributed by atoms with Crippen molar-refractivity contribution in [2.24, 2.45) is 0 Å². The van der Waals surface area contributed by atoms with Crippen LogP contribution < -0.4 is 10.6 Å². The molecule has 2 atom stereocenters. The number of carbonyl (C=O) groups excluding carboxylic acids is 2. The summed E-state index contributed by atoms with van der Waals surface area (Å²) >= 11 is 0. The van der Waals surface area contributed by atoms with Crippen molar-refractivity contribution in [3.63, 3.8) is 0 Å². The largest absolute Gasteiger partial charge is 0.416 e. The number of anilines is 1. The van der Waals surface area contributed by atoms with Crippen LogP contribution in [0.4, 0.5) is 19.1 Å². The Balaban J connectivity index is 1.69. The molecule has 1 aliphatic carbocycles. The first-order valence-electron chi connectivity index (χ1n) is 11.1. The molecule has 2 aromatic carbocycles. The summed E-state index contributed by atoms with van der Waals surface area (Å²) < 4.78 is 41.3. The van der Waals surface area contributed by atoms with Gasteiger partial charge in [-0.2, -0.15) is 13.2 Å². The van der Waals surface area contributed by atoms with Gasteiger partial charge in [-0.1, -0.05) is 24.8 Å². The topological polar surface area (TPSA) is 76.0 Å². The minimum atomic E-state index is -4.55. The Morgan fingerprint density at radius 2 is 1.94 bits per heavy atom. The molecule has 0 aliphatic heterocycles. The second kappa shape index (κ2) is 9.32. The molecule has 0 saturated heterocycles. The van der Waals surface area contributed by atoms with E-state index in [-0.39, 0.29) is 29.5 Å². The van der Waals surface area contributed by atoms with Gasteiger partial charge < -0.3 is 9.88 Å². The van der Waals surface area contributed by atoms with Crippen LogP contribution in [0, 0.1) is 6.92 Å². The van der Waals surface area contributed by atoms with E-state index in [2.05, 4.69) is 22.2 Å². The minimum Gasteiger partial charge on any atom is -0.350 e. The number of nitrogens with one attached hydrogen (secondary N) is 2. The third-order valence-corrected chi connectivity index (χ3v) is 6.13. The highest BCUT2D eigenvalue weighted by molar-refractivity contribution is 6.04. The van der Waals surface area contributed by atoms with Gasteiger partial charge in [-0.15, -0.1) is 0 Å². The lowest BCUT2D eigenvalue weighted by atomic mass is 9.90. The van der Waals surface area contributed by atoms with Gasteiger partial charge in [0.2, 0.25) is 11.9 Å². The fourth-order valence-corrected chi connectivity index (χ4v) is 4.56. The van der Waals surface area contributed by atoms with Crippen molar-refractivity contribution >= 4 is 28.8 Å². The summed E-state index contributed by atoms with van der Waals surface area (Å²) in [6.45, 7) is 5.44. The van der Waals surface area contributed by atoms with Gasteiger partial charge in [0, 0.05) is 17.6 Å². The Hall–Kier alpha value is -3.62. The number of fused-ring (bicyclic) bond motifs is 1. The van der Waals surface area contributed by atoms with Crippen molar-refractivity contribution in [1.82, 2.24) is 14.9 Å². The van der Waals surface area contributed by atoms with Crippen LogP contribution in [-0.2, 0) is 11.0 Å². The Labute approximate surface area is 194 Å². The zero-order valence-electron chi connectivity index (χ0n) is 18.7. The number of alkyl halides is 3. The molecule has 34 heavy (non-hydrogen) atoms. The van der Waals surface area contributed by atoms with Crippen molar-refractivity contribution < 1.29 is 22.8 Å². The quantitative estimate of drug-likeness (QED) is 0.490. The molecule has 178 valence electrons. The van der Waals surface area contributed by atoms with Crippen LogP contribution in [0.2, 0.25) is 0 Å². The minimum absolute atomic E-state index is 0.0577. The van der Waals surface area contributed by atoms with Crippen LogP contribution in [-0.4, -0.2) is 27.4 Å². The van der Waals surface area contributed by atoms with Crippen LogP contribution >= 0.6 is 0 Å². The number of nitrogens with zero attached hydrogens (tertiary/aromatic N) is 2. The number of carbonyl (C=O) groups is 2. The Morgan fingerprint density at radius 1 is 1.18 bits per heavy atom. The number of aromatic nitrogens is 2. The Kier molecular flexibility index (Phi) is 6.45. The van der Waals surface area contributed by atoms with E-state index in [9.17, 15) is 22.8 Å². The number of para-hydroxylation sites is 1. The fraction of sp³-hybridized carbons (Fsp3) is 0.320. The standard InChI is InChI=1S/C25H25F3N4O2/c1-3-21(33)29-18-10-6-11-19(14-18)32-22-15(2)7-4-12-20(22)30-24(32)31-23(34)16-8-5-9-17(13-16)25(26,27)28/h3-5,7-9,12-13,18-19H,1,6,10-11,14H2,2H3,(H,29,33)(H,30,31,34)/t18-,19+/m0/s1. The number of hydrogen-bond donors (Lipinski definition) is 2. The monoisotopic (exact) mass is 470 g/mol. The van der Waals surface area contributed by atoms with Crippen LogP contribution in [0.3, 0.4) is 0 Å². The molecule has 0 radical (unpaired) electrons. The zero-order valence-corrected chi connectivity index (χ0v) is 18.7. The van der Waals surface area contributed by atoms with Gasteiger partial charge in [-0.05, 0) is 68.5 Å². The summed E-state index contributed by atoms with van der Waals surface area (Å²) in [5.41, 5.74) is 1.49. The molecule has 9 heteroatoms. The second-order valence-corrected chi connectivity index (χ2v) is 8.51. The van der Waals surface area contributed by atoms with Gasteiger partial charge in [0.1, 0.15) is 0 Å². The van der Waals surface area contributed by atoms with Gasteiger partial charge in [-0.3, -0.25) is 14.9 Å². The number of imidazole rings is 1. The molecule has 3 aromatic rings. The van der Waals surface area contributed by atoms with Crippen LogP contribution in [0.1, 0.15) is 53.2 Å². The van der Waals surface area contributed by atoms with Gasteiger partial charge in [0.25, 0.3) is 5.91 Å². The third kappa shape index (κ3) is 4.83. The summed E-state index contributed by atoms with van der Waals surface area (Å²) in [7, 11) is 0. The zero-order chi connectivity index (χ0) is 24.5. The van der Waals surface area contributed by atoms with E-state index in [0.29, 0.717) is 11.9 Å². The first-order chi connectivity index (χ1) is 16.2. The number of amides is 2. The number of benzene rings is 2. The van der Waals surface area contributed by atoms with Crippen molar-refractivity contribution in [2.45, 2.75) is 50.9 Å². The first-order valence-corrected chi connectivity index (χ1v) is 11.1. The van der Waals surface area contributed by atoms with E-state index in [4.69, 9.17) is 0 Å². The molecule has 1 heterocycles. The maximum atomic E-state index is 13.1. The van der Waals surface area contributed by atoms with Crippen LogP contribution in [0.15, 0.2) is 55.1 Å². The van der Waals surface area contributed by atoms with Gasteiger partial charge in [0.15, 0.2) is 0 Å². The number of rotatable bonds is 5. The average Bonchev–Trinajstić information content (AvgIpc) is 3.18. The van der Waals surface area contributed by atoms with E-state index >= 15 is 0 Å². The van der Waals surface area contributed by atoms with Crippen molar-refractivity contribution in [2.75, 3.05) is 5.32 Å². The van der Waals surface area contributed by atoms with Crippen molar-refractivity contribution in [3.8, 4) is 0 Å². The van der Waals surface area contributed by atoms with E-state index < -0.39 is 17.6 Å². The molecule has 6 nitrogen and oxygen atoms in total. The molecule has 0 spiro atoms. The summed E-state index contributed by atoms with van der Waals surface area (Å²) in [4.78, 5) is 29.4. The predicted molar refractivity (Wildman–Crippen MR) is 123 cm³/mol. The molecule has 4 rings (SSSR count). The molecular weight excluding hydrogens is 445 g/mol. The fourth-order valence-electron chi connectivity index (χ4n) is 4.56. The molecule has 1 fully saturated rings. The van der Waals surface area contributed by atoms with Crippen molar-refractivity contribution in [1.29, 1.82) is 0 Å². The summed E-state index contributed by atoms with van der Waals surface area (Å²) in [6, 6.07) is 9.82. The van der Waals surface area contributed by atoms with Gasteiger partial charge in [0.05, 0.1) is 16.6 Å². The summed E-state index contributed by atoms with van der Waals surface area (Å²) in [6.07, 6.45) is -0.181. The number of aryl methyl sites for hydroxylation is 1. The van der Waals surface area contributed by atoms with E-state index in [1.54, 1.807) is 0 Å². The second-order valence-electron chi connectivity index (χ2n) is 8.51. The molecular formula is C25H25F3N4O2. The number of halogens is 3. The Bertz CT molecular complexity index is 1250. The molecule has 2 N–H and O–H groups in total. The molecule has 1 aromatic heterocycles. The summed E-state index contributed by atoms with van der Waals surface area (Å²) in [5, 5.41) is 5.67. The highest BCUT2D eigenvalue weighted by Gasteiger charge is 2.32. The van der Waals surface area contributed by atoms with E-state index in [1.165, 1.54) is 18.2 Å². The molecule has 1 aliphatic rings. The normalized spacial score (nSPS) is 18.5. The third-order valence-electron chi connectivity index (χ3n) is 6.13. The van der Waals surface area contributed by atoms with E-state index in [0.717, 1.165) is 42.5 Å². The van der Waals surface area contributed by atoms with Crippen LogP contribution in [0.5, 0.6) is 0 Å². The predicted octanol–water partition coefficient (Wildman–Crippen LogP) is 5.40. The first kappa shape index (κ1) is 23.5. The SMILES string of the molecule is C=CC(=O)N[C@H]1CCC[C@@H](n2c(NC(=O)c3cccc(C(F)(F)F)c3)nc3cccc(C)c32)C1. The molecule has 2 amide bonds. The Morgan fingerprint density at radius 3 is 2.68 bits per heavy atom. The van der Waals surface area contributed by atoms with E-state index in [1.807, 2.05) is 29.7 Å². The smallest absolute Gasteiger partial charge is 0.350 e. The maximum absolute atomic E-state index is 13.1. The lowest BCUT2D eigenvalue weighted by Gasteiger charge is -2.32. The average molecular weight is 470 g/mol. The lowest BCUT2D eigenvalue weighted by Crippen LogP contribution is -2.38. The molecule has 0 bridgehead atoms.